The van der Waals surface area contributed by atoms with Gasteiger partial charge in [0.05, 0.1) is 6.04 Å². The van der Waals surface area contributed by atoms with E-state index in [1.807, 2.05) is 0 Å². The topological polar surface area (TPSA) is 12.0 Å². The quantitative estimate of drug-likeness (QED) is 0.566. The lowest BCUT2D eigenvalue weighted by atomic mass is 9.70. The summed E-state index contributed by atoms with van der Waals surface area (Å²) in [7, 11) is 0. The third-order valence-corrected chi connectivity index (χ3v) is 6.69. The highest BCUT2D eigenvalue weighted by atomic mass is 15.0. The van der Waals surface area contributed by atoms with Crippen LogP contribution in [0.3, 0.4) is 0 Å². The molecule has 1 nitrogen and oxygen atoms in total. The number of hydrogen-bond donors (Lipinski definition) is 1. The van der Waals surface area contributed by atoms with Gasteiger partial charge in [0.25, 0.3) is 0 Å². The monoisotopic (exact) mass is 347 g/mol. The molecule has 2 unspecified atom stereocenters. The summed E-state index contributed by atoms with van der Waals surface area (Å²) in [5.41, 5.74) is 11.2. The molecule has 0 fully saturated rings. The van der Waals surface area contributed by atoms with Gasteiger partial charge in [0.15, 0.2) is 0 Å². The predicted octanol–water partition coefficient (Wildman–Crippen LogP) is 6.04. The molecule has 0 amide bonds. The maximum absolute atomic E-state index is 3.76. The highest BCUT2D eigenvalue weighted by Crippen LogP contribution is 2.56. The average molecular weight is 347 g/mol. The molecule has 2 atom stereocenters. The molecule has 2 aliphatic carbocycles. The second kappa shape index (κ2) is 5.23. The van der Waals surface area contributed by atoms with Gasteiger partial charge in [0, 0.05) is 16.7 Å². The van der Waals surface area contributed by atoms with E-state index in [1.54, 1.807) is 5.57 Å². The number of para-hydroxylation sites is 1. The second-order valence-electron chi connectivity index (χ2n) is 7.98. The Morgan fingerprint density at radius 3 is 2.37 bits per heavy atom. The standard InChI is InChI=1S/C26H21N/c1-26(17-9-3-2-4-10-17)22-13-7-5-11-18(22)20-15-21-19-12-6-8-14-24(19)27-25(21)16-23(20)26/h2-15,25,27H,16H2,1H3. The predicted molar refractivity (Wildman–Crippen MR) is 113 cm³/mol. The second-order valence-corrected chi connectivity index (χ2v) is 7.98. The fourth-order valence-corrected chi connectivity index (χ4v) is 5.34. The molecule has 0 aromatic heterocycles. The van der Waals surface area contributed by atoms with Crippen molar-refractivity contribution in [2.75, 3.05) is 5.32 Å². The Hall–Kier alpha value is -3.06. The SMILES string of the molecule is CC1(c2ccccc2)C2=C(C=C3c4ccccc4NC3C2)c2ccccc21. The molecule has 1 N–H and O–H groups in total. The van der Waals surface area contributed by atoms with Gasteiger partial charge in [-0.05, 0) is 58.9 Å². The van der Waals surface area contributed by atoms with Crippen LogP contribution in [-0.4, -0.2) is 6.04 Å². The Labute approximate surface area is 160 Å². The Balaban J connectivity index is 1.61. The van der Waals surface area contributed by atoms with E-state index in [9.17, 15) is 0 Å². The van der Waals surface area contributed by atoms with Gasteiger partial charge in [-0.1, -0.05) is 72.8 Å². The van der Waals surface area contributed by atoms with Gasteiger partial charge in [0.1, 0.15) is 0 Å². The maximum atomic E-state index is 3.76. The molecule has 0 saturated heterocycles. The summed E-state index contributed by atoms with van der Waals surface area (Å²) in [5.74, 6) is 0. The zero-order valence-corrected chi connectivity index (χ0v) is 15.4. The first-order valence-electron chi connectivity index (χ1n) is 9.73. The van der Waals surface area contributed by atoms with Crippen LogP contribution in [0.2, 0.25) is 0 Å². The molecule has 6 rings (SSSR count). The van der Waals surface area contributed by atoms with Crippen molar-refractivity contribution in [2.45, 2.75) is 24.8 Å². The van der Waals surface area contributed by atoms with Crippen molar-refractivity contribution in [3.8, 4) is 0 Å². The molecular weight excluding hydrogens is 326 g/mol. The lowest BCUT2D eigenvalue weighted by Crippen LogP contribution is -2.29. The van der Waals surface area contributed by atoms with E-state index in [0.717, 1.165) is 6.42 Å². The van der Waals surface area contributed by atoms with E-state index in [-0.39, 0.29) is 5.41 Å². The van der Waals surface area contributed by atoms with Crippen molar-refractivity contribution in [1.29, 1.82) is 0 Å². The van der Waals surface area contributed by atoms with Crippen molar-refractivity contribution in [3.63, 3.8) is 0 Å². The first-order valence-corrected chi connectivity index (χ1v) is 9.73. The van der Waals surface area contributed by atoms with E-state index >= 15 is 0 Å². The van der Waals surface area contributed by atoms with Crippen molar-refractivity contribution < 1.29 is 0 Å². The summed E-state index contributed by atoms with van der Waals surface area (Å²) in [5, 5.41) is 3.76. The van der Waals surface area contributed by atoms with E-state index < -0.39 is 0 Å². The summed E-state index contributed by atoms with van der Waals surface area (Å²) < 4.78 is 0. The van der Waals surface area contributed by atoms with E-state index in [4.69, 9.17) is 0 Å². The Kier molecular flexibility index (Phi) is 2.91. The Bertz CT molecular complexity index is 1140. The normalized spacial score (nSPS) is 24.5. The molecule has 1 heterocycles. The Morgan fingerprint density at radius 1 is 0.815 bits per heavy atom. The van der Waals surface area contributed by atoms with Crippen LogP contribution in [0.25, 0.3) is 11.1 Å². The minimum Gasteiger partial charge on any atom is -0.377 e. The molecule has 3 aromatic rings. The molecule has 130 valence electrons. The number of fused-ring (bicyclic) bond motifs is 5. The van der Waals surface area contributed by atoms with Gasteiger partial charge in [0.2, 0.25) is 0 Å². The Morgan fingerprint density at radius 2 is 1.52 bits per heavy atom. The van der Waals surface area contributed by atoms with Gasteiger partial charge in [-0.15, -0.1) is 0 Å². The summed E-state index contributed by atoms with van der Waals surface area (Å²) in [6.45, 7) is 2.41. The van der Waals surface area contributed by atoms with Gasteiger partial charge in [-0.2, -0.15) is 0 Å². The number of benzene rings is 3. The third-order valence-electron chi connectivity index (χ3n) is 6.69. The summed E-state index contributed by atoms with van der Waals surface area (Å²) >= 11 is 0. The zero-order valence-electron chi connectivity index (χ0n) is 15.4. The van der Waals surface area contributed by atoms with Crippen LogP contribution in [0.1, 0.15) is 35.6 Å². The first-order chi connectivity index (χ1) is 13.3. The van der Waals surface area contributed by atoms with Crippen molar-refractivity contribution in [3.05, 3.63) is 113 Å². The number of rotatable bonds is 1. The largest absolute Gasteiger partial charge is 0.377 e. The average Bonchev–Trinajstić information content (AvgIpc) is 3.22. The molecule has 0 saturated carbocycles. The summed E-state index contributed by atoms with van der Waals surface area (Å²) in [6.07, 6.45) is 3.51. The number of hydrogen-bond acceptors (Lipinski definition) is 1. The summed E-state index contributed by atoms with van der Waals surface area (Å²) in [4.78, 5) is 0. The minimum atomic E-state index is -0.0638. The molecule has 3 aliphatic rings. The van der Waals surface area contributed by atoms with Gasteiger partial charge in [-0.25, -0.2) is 0 Å². The van der Waals surface area contributed by atoms with Crippen molar-refractivity contribution >= 4 is 16.8 Å². The van der Waals surface area contributed by atoms with E-state index in [2.05, 4.69) is 97.2 Å². The fourth-order valence-electron chi connectivity index (χ4n) is 5.34. The van der Waals surface area contributed by atoms with E-state index in [0.29, 0.717) is 6.04 Å². The smallest absolute Gasteiger partial charge is 0.0558 e. The summed E-state index contributed by atoms with van der Waals surface area (Å²) in [6, 6.07) is 29.0. The van der Waals surface area contributed by atoms with Crippen molar-refractivity contribution in [1.82, 2.24) is 0 Å². The molecule has 0 bridgehead atoms. The number of nitrogens with one attached hydrogen (secondary N) is 1. The first kappa shape index (κ1) is 15.0. The molecule has 1 aliphatic heterocycles. The molecule has 0 radical (unpaired) electrons. The van der Waals surface area contributed by atoms with Gasteiger partial charge in [-0.3, -0.25) is 0 Å². The zero-order chi connectivity index (χ0) is 18.0. The number of allylic oxidation sites excluding steroid dienone is 2. The molecule has 3 aromatic carbocycles. The number of anilines is 1. The van der Waals surface area contributed by atoms with Crippen LogP contribution in [0.4, 0.5) is 5.69 Å². The highest BCUT2D eigenvalue weighted by molar-refractivity contribution is 6.00. The maximum Gasteiger partial charge on any atom is 0.0558 e. The van der Waals surface area contributed by atoms with Gasteiger partial charge < -0.3 is 5.32 Å². The molecule has 27 heavy (non-hydrogen) atoms. The van der Waals surface area contributed by atoms with E-state index in [1.165, 1.54) is 39.1 Å². The molecule has 0 spiro atoms. The fraction of sp³-hybridized carbons (Fsp3) is 0.154. The van der Waals surface area contributed by atoms with Crippen LogP contribution in [0, 0.1) is 0 Å². The van der Waals surface area contributed by atoms with Crippen LogP contribution >= 0.6 is 0 Å². The third kappa shape index (κ3) is 1.89. The lowest BCUT2D eigenvalue weighted by Gasteiger charge is -2.33. The molecular formula is C26H21N. The van der Waals surface area contributed by atoms with Crippen LogP contribution < -0.4 is 5.32 Å². The lowest BCUT2D eigenvalue weighted by molar-refractivity contribution is 0.643. The van der Waals surface area contributed by atoms with Gasteiger partial charge >= 0.3 is 0 Å². The highest BCUT2D eigenvalue weighted by Gasteiger charge is 2.45. The van der Waals surface area contributed by atoms with Crippen molar-refractivity contribution in [2.24, 2.45) is 0 Å². The molecule has 1 heteroatoms. The minimum absolute atomic E-state index is 0.0638. The van der Waals surface area contributed by atoms with Crippen LogP contribution in [-0.2, 0) is 5.41 Å². The van der Waals surface area contributed by atoms with Crippen LogP contribution in [0.5, 0.6) is 0 Å². The van der Waals surface area contributed by atoms with Crippen LogP contribution in [0.15, 0.2) is 90.5 Å².